The standard InChI is InChI=1S/C16H19N3O2/c1-3-14(11-13-7-5-4-6-8-13)18(2)16-10-9-15(12-17-16)19(20)21/h4-10,12,14H,3,11H2,1-2H3/t14-/m0/s1. The summed E-state index contributed by atoms with van der Waals surface area (Å²) in [6.45, 7) is 2.13. The van der Waals surface area contributed by atoms with Crippen LogP contribution in [0.2, 0.25) is 0 Å². The van der Waals surface area contributed by atoms with Gasteiger partial charge in [-0.25, -0.2) is 4.98 Å². The molecule has 0 radical (unpaired) electrons. The fourth-order valence-corrected chi connectivity index (χ4v) is 2.32. The van der Waals surface area contributed by atoms with Crippen molar-refractivity contribution in [1.82, 2.24) is 4.98 Å². The predicted octanol–water partition coefficient (Wildman–Crippen LogP) is 3.45. The van der Waals surface area contributed by atoms with E-state index in [2.05, 4.69) is 28.9 Å². The van der Waals surface area contributed by atoms with Crippen LogP contribution >= 0.6 is 0 Å². The summed E-state index contributed by atoms with van der Waals surface area (Å²) < 4.78 is 0. The molecule has 0 bridgehead atoms. The molecule has 0 aliphatic rings. The number of anilines is 1. The Morgan fingerprint density at radius 2 is 1.95 bits per heavy atom. The lowest BCUT2D eigenvalue weighted by atomic mass is 10.0. The van der Waals surface area contributed by atoms with E-state index < -0.39 is 4.92 Å². The highest BCUT2D eigenvalue weighted by atomic mass is 16.6. The van der Waals surface area contributed by atoms with Gasteiger partial charge in [-0.3, -0.25) is 10.1 Å². The van der Waals surface area contributed by atoms with E-state index in [1.54, 1.807) is 6.07 Å². The van der Waals surface area contributed by atoms with Crippen molar-refractivity contribution >= 4 is 11.5 Å². The van der Waals surface area contributed by atoms with Crippen LogP contribution in [0.25, 0.3) is 0 Å². The normalized spacial score (nSPS) is 11.9. The lowest BCUT2D eigenvalue weighted by Crippen LogP contribution is -2.33. The van der Waals surface area contributed by atoms with Crippen LogP contribution in [0, 0.1) is 10.1 Å². The van der Waals surface area contributed by atoms with Crippen molar-refractivity contribution in [3.63, 3.8) is 0 Å². The van der Waals surface area contributed by atoms with Crippen molar-refractivity contribution in [2.75, 3.05) is 11.9 Å². The van der Waals surface area contributed by atoms with Gasteiger partial charge < -0.3 is 4.90 Å². The van der Waals surface area contributed by atoms with Gasteiger partial charge in [-0.05, 0) is 24.5 Å². The zero-order valence-corrected chi connectivity index (χ0v) is 12.3. The number of likely N-dealkylation sites (N-methyl/N-ethyl adjacent to an activating group) is 1. The molecular weight excluding hydrogens is 266 g/mol. The van der Waals surface area contributed by atoms with Crippen LogP contribution in [0.1, 0.15) is 18.9 Å². The smallest absolute Gasteiger partial charge is 0.287 e. The molecule has 21 heavy (non-hydrogen) atoms. The Bertz CT molecular complexity index is 584. The molecule has 1 atom stereocenters. The molecule has 1 heterocycles. The summed E-state index contributed by atoms with van der Waals surface area (Å²) in [4.78, 5) is 16.5. The van der Waals surface area contributed by atoms with Crippen LogP contribution in [0.4, 0.5) is 11.5 Å². The summed E-state index contributed by atoms with van der Waals surface area (Å²) in [5.41, 5.74) is 1.29. The monoisotopic (exact) mass is 285 g/mol. The molecule has 0 fully saturated rings. The zero-order valence-electron chi connectivity index (χ0n) is 12.3. The van der Waals surface area contributed by atoms with Crippen molar-refractivity contribution in [3.8, 4) is 0 Å². The molecular formula is C16H19N3O2. The summed E-state index contributed by atoms with van der Waals surface area (Å²) in [6.07, 6.45) is 3.21. The number of aromatic nitrogens is 1. The molecule has 0 aliphatic carbocycles. The first-order chi connectivity index (χ1) is 10.1. The Kier molecular flexibility index (Phi) is 4.87. The van der Waals surface area contributed by atoms with Crippen LogP contribution in [-0.2, 0) is 6.42 Å². The third kappa shape index (κ3) is 3.78. The summed E-state index contributed by atoms with van der Waals surface area (Å²) >= 11 is 0. The van der Waals surface area contributed by atoms with E-state index in [-0.39, 0.29) is 5.69 Å². The van der Waals surface area contributed by atoms with Gasteiger partial charge in [0.2, 0.25) is 0 Å². The molecule has 5 nitrogen and oxygen atoms in total. The second-order valence-corrected chi connectivity index (χ2v) is 4.99. The topological polar surface area (TPSA) is 59.3 Å². The molecule has 0 saturated carbocycles. The lowest BCUT2D eigenvalue weighted by Gasteiger charge is -2.28. The molecule has 0 spiro atoms. The largest absolute Gasteiger partial charge is 0.356 e. The maximum atomic E-state index is 10.7. The Balaban J connectivity index is 2.12. The highest BCUT2D eigenvalue weighted by Gasteiger charge is 2.16. The number of hydrogen-bond donors (Lipinski definition) is 0. The van der Waals surface area contributed by atoms with Gasteiger partial charge in [0.1, 0.15) is 12.0 Å². The first kappa shape index (κ1) is 15.0. The Morgan fingerprint density at radius 1 is 1.24 bits per heavy atom. The van der Waals surface area contributed by atoms with Gasteiger partial charge >= 0.3 is 0 Å². The number of nitrogens with zero attached hydrogens (tertiary/aromatic N) is 3. The van der Waals surface area contributed by atoms with E-state index >= 15 is 0 Å². The van der Waals surface area contributed by atoms with Gasteiger partial charge in [0.05, 0.1) is 4.92 Å². The Morgan fingerprint density at radius 3 is 2.48 bits per heavy atom. The highest BCUT2D eigenvalue weighted by molar-refractivity contribution is 5.43. The quantitative estimate of drug-likeness (QED) is 0.602. The second-order valence-electron chi connectivity index (χ2n) is 4.99. The average Bonchev–Trinajstić information content (AvgIpc) is 2.53. The number of rotatable bonds is 6. The molecule has 0 unspecified atom stereocenters. The third-order valence-electron chi connectivity index (χ3n) is 3.64. The molecule has 0 amide bonds. The lowest BCUT2D eigenvalue weighted by molar-refractivity contribution is -0.385. The molecule has 0 N–H and O–H groups in total. The SMILES string of the molecule is CC[C@@H](Cc1ccccc1)N(C)c1ccc([N+](=O)[O-])cn1. The highest BCUT2D eigenvalue weighted by Crippen LogP contribution is 2.19. The van der Waals surface area contributed by atoms with Crippen molar-refractivity contribution in [3.05, 3.63) is 64.3 Å². The summed E-state index contributed by atoms with van der Waals surface area (Å²) in [6, 6.07) is 13.8. The molecule has 1 aromatic heterocycles. The molecule has 0 saturated heterocycles. The van der Waals surface area contributed by atoms with Gasteiger partial charge in [-0.1, -0.05) is 37.3 Å². The van der Waals surface area contributed by atoms with Crippen molar-refractivity contribution in [1.29, 1.82) is 0 Å². The summed E-state index contributed by atoms with van der Waals surface area (Å²) in [7, 11) is 1.98. The maximum absolute atomic E-state index is 10.7. The van der Waals surface area contributed by atoms with E-state index in [0.29, 0.717) is 6.04 Å². The van der Waals surface area contributed by atoms with Crippen LogP contribution in [-0.4, -0.2) is 23.0 Å². The van der Waals surface area contributed by atoms with Crippen LogP contribution in [0.15, 0.2) is 48.7 Å². The van der Waals surface area contributed by atoms with Crippen molar-refractivity contribution in [2.24, 2.45) is 0 Å². The van der Waals surface area contributed by atoms with E-state index in [4.69, 9.17) is 0 Å². The number of pyridine rings is 1. The zero-order chi connectivity index (χ0) is 15.2. The Hall–Kier alpha value is -2.43. The molecule has 2 aromatic rings. The van der Waals surface area contributed by atoms with E-state index in [1.807, 2.05) is 25.2 Å². The van der Waals surface area contributed by atoms with E-state index in [0.717, 1.165) is 18.7 Å². The first-order valence-corrected chi connectivity index (χ1v) is 6.99. The minimum atomic E-state index is -0.432. The third-order valence-corrected chi connectivity index (χ3v) is 3.64. The molecule has 2 rings (SSSR count). The predicted molar refractivity (Wildman–Crippen MR) is 83.5 cm³/mol. The van der Waals surface area contributed by atoms with E-state index in [1.165, 1.54) is 17.8 Å². The van der Waals surface area contributed by atoms with Gasteiger partial charge in [0, 0.05) is 19.2 Å². The van der Waals surface area contributed by atoms with Gasteiger partial charge in [-0.2, -0.15) is 0 Å². The summed E-state index contributed by atoms with van der Waals surface area (Å²) in [5.74, 6) is 0.753. The summed E-state index contributed by atoms with van der Waals surface area (Å²) in [5, 5.41) is 10.7. The van der Waals surface area contributed by atoms with Crippen LogP contribution in [0.3, 0.4) is 0 Å². The maximum Gasteiger partial charge on any atom is 0.287 e. The fraction of sp³-hybridized carbons (Fsp3) is 0.312. The second kappa shape index (κ2) is 6.83. The Labute approximate surface area is 124 Å². The molecule has 5 heteroatoms. The molecule has 1 aromatic carbocycles. The molecule has 0 aliphatic heterocycles. The van der Waals surface area contributed by atoms with Gasteiger partial charge in [0.25, 0.3) is 5.69 Å². The van der Waals surface area contributed by atoms with Crippen LogP contribution in [0.5, 0.6) is 0 Å². The first-order valence-electron chi connectivity index (χ1n) is 6.99. The van der Waals surface area contributed by atoms with Crippen molar-refractivity contribution < 1.29 is 4.92 Å². The number of benzene rings is 1. The fourth-order valence-electron chi connectivity index (χ4n) is 2.32. The number of hydrogen-bond acceptors (Lipinski definition) is 4. The number of nitro groups is 1. The minimum absolute atomic E-state index is 0.0169. The van der Waals surface area contributed by atoms with Gasteiger partial charge in [0.15, 0.2) is 0 Å². The minimum Gasteiger partial charge on any atom is -0.356 e. The van der Waals surface area contributed by atoms with Crippen LogP contribution < -0.4 is 4.90 Å². The van der Waals surface area contributed by atoms with Crippen molar-refractivity contribution in [2.45, 2.75) is 25.8 Å². The molecule has 110 valence electrons. The van der Waals surface area contributed by atoms with E-state index in [9.17, 15) is 10.1 Å². The average molecular weight is 285 g/mol. The van der Waals surface area contributed by atoms with Gasteiger partial charge in [-0.15, -0.1) is 0 Å².